The van der Waals surface area contributed by atoms with Gasteiger partial charge in [0, 0.05) is 17.3 Å². The highest BCUT2D eigenvalue weighted by Gasteiger charge is 2.20. The lowest BCUT2D eigenvalue weighted by molar-refractivity contribution is -0.118. The number of carbonyl (C=O) groups is 1. The lowest BCUT2D eigenvalue weighted by Gasteiger charge is -2.23. The predicted molar refractivity (Wildman–Crippen MR) is 66.4 cm³/mol. The molecule has 1 unspecified atom stereocenters. The van der Waals surface area contributed by atoms with Gasteiger partial charge in [0.1, 0.15) is 0 Å². The first kappa shape index (κ1) is 11.6. The van der Waals surface area contributed by atoms with Crippen molar-refractivity contribution in [2.24, 2.45) is 5.73 Å². The molecule has 0 aliphatic heterocycles. The fraction of sp³-hybridized carbons (Fsp3) is 0.583. The SMILES string of the molecule is NC(=O)CCCNC1CCCc2sccc21. The Morgan fingerprint density at radius 2 is 2.50 bits per heavy atom. The lowest BCUT2D eigenvalue weighted by Crippen LogP contribution is -2.26. The molecule has 0 saturated heterocycles. The van der Waals surface area contributed by atoms with Crippen molar-refractivity contribution in [2.45, 2.75) is 38.1 Å². The fourth-order valence-corrected chi connectivity index (χ4v) is 3.22. The lowest BCUT2D eigenvalue weighted by atomic mass is 9.94. The van der Waals surface area contributed by atoms with Crippen molar-refractivity contribution in [1.29, 1.82) is 0 Å². The smallest absolute Gasteiger partial charge is 0.217 e. The standard InChI is InChI=1S/C12H18N2OS/c13-12(15)5-2-7-14-10-3-1-4-11-9(10)6-8-16-11/h6,8,10,14H,1-5,7H2,(H2,13,15). The Hall–Kier alpha value is -0.870. The van der Waals surface area contributed by atoms with Crippen LogP contribution >= 0.6 is 11.3 Å². The second-order valence-electron chi connectivity index (χ2n) is 4.27. The minimum Gasteiger partial charge on any atom is -0.370 e. The molecule has 0 saturated carbocycles. The Morgan fingerprint density at radius 1 is 1.62 bits per heavy atom. The van der Waals surface area contributed by atoms with Crippen LogP contribution in [0.5, 0.6) is 0 Å². The maximum atomic E-state index is 10.6. The van der Waals surface area contributed by atoms with E-state index in [4.69, 9.17) is 5.73 Å². The zero-order chi connectivity index (χ0) is 11.4. The molecule has 16 heavy (non-hydrogen) atoms. The van der Waals surface area contributed by atoms with Crippen molar-refractivity contribution in [3.63, 3.8) is 0 Å². The molecule has 0 radical (unpaired) electrons. The summed E-state index contributed by atoms with van der Waals surface area (Å²) in [5, 5.41) is 5.69. The molecule has 0 aromatic carbocycles. The highest BCUT2D eigenvalue weighted by Crippen LogP contribution is 2.33. The molecule has 1 atom stereocenters. The summed E-state index contributed by atoms with van der Waals surface area (Å²) in [6.07, 6.45) is 5.02. The molecule has 1 amide bonds. The van der Waals surface area contributed by atoms with Crippen LogP contribution in [0, 0.1) is 0 Å². The summed E-state index contributed by atoms with van der Waals surface area (Å²) in [5.74, 6) is -0.207. The van der Waals surface area contributed by atoms with Crippen LogP contribution < -0.4 is 11.1 Å². The molecular formula is C12H18N2OS. The van der Waals surface area contributed by atoms with E-state index in [1.54, 1.807) is 0 Å². The summed E-state index contributed by atoms with van der Waals surface area (Å²) in [7, 11) is 0. The van der Waals surface area contributed by atoms with E-state index in [1.165, 1.54) is 29.7 Å². The molecule has 1 heterocycles. The van der Waals surface area contributed by atoms with E-state index in [1.807, 2.05) is 11.3 Å². The first-order valence-corrected chi connectivity index (χ1v) is 6.73. The third-order valence-corrected chi connectivity index (χ3v) is 4.04. The topological polar surface area (TPSA) is 55.1 Å². The first-order chi connectivity index (χ1) is 7.77. The van der Waals surface area contributed by atoms with Gasteiger partial charge in [-0.3, -0.25) is 4.79 Å². The summed E-state index contributed by atoms with van der Waals surface area (Å²) in [4.78, 5) is 12.1. The van der Waals surface area contributed by atoms with Crippen LogP contribution in [0.15, 0.2) is 11.4 Å². The Kier molecular flexibility index (Phi) is 3.96. The fourth-order valence-electron chi connectivity index (χ4n) is 2.24. The van der Waals surface area contributed by atoms with Crippen molar-refractivity contribution in [3.8, 4) is 0 Å². The Labute approximate surface area is 100 Å². The van der Waals surface area contributed by atoms with Crippen LogP contribution in [0.1, 0.15) is 42.2 Å². The Morgan fingerprint density at radius 3 is 3.31 bits per heavy atom. The van der Waals surface area contributed by atoms with E-state index >= 15 is 0 Å². The largest absolute Gasteiger partial charge is 0.370 e. The number of carbonyl (C=O) groups excluding carboxylic acids is 1. The number of nitrogens with one attached hydrogen (secondary N) is 1. The number of thiophene rings is 1. The average Bonchev–Trinajstić information content (AvgIpc) is 2.72. The van der Waals surface area contributed by atoms with E-state index in [0.717, 1.165) is 13.0 Å². The van der Waals surface area contributed by atoms with E-state index in [-0.39, 0.29) is 5.91 Å². The monoisotopic (exact) mass is 238 g/mol. The van der Waals surface area contributed by atoms with Gasteiger partial charge in [0.15, 0.2) is 0 Å². The third-order valence-electron chi connectivity index (χ3n) is 3.04. The molecule has 0 fully saturated rings. The zero-order valence-corrected chi connectivity index (χ0v) is 10.2. The summed E-state index contributed by atoms with van der Waals surface area (Å²) in [5.41, 5.74) is 6.57. The number of aryl methyl sites for hydroxylation is 1. The molecule has 1 aliphatic rings. The van der Waals surface area contributed by atoms with Crippen LogP contribution in [0.25, 0.3) is 0 Å². The van der Waals surface area contributed by atoms with Crippen LogP contribution in [0.2, 0.25) is 0 Å². The minimum atomic E-state index is -0.207. The average molecular weight is 238 g/mol. The molecule has 4 heteroatoms. The van der Waals surface area contributed by atoms with Gasteiger partial charge in [0.05, 0.1) is 0 Å². The van der Waals surface area contributed by atoms with Crippen molar-refractivity contribution in [2.75, 3.05) is 6.54 Å². The molecule has 88 valence electrons. The molecule has 1 aliphatic carbocycles. The van der Waals surface area contributed by atoms with Gasteiger partial charge in [0.2, 0.25) is 5.91 Å². The van der Waals surface area contributed by atoms with E-state index in [2.05, 4.69) is 16.8 Å². The zero-order valence-electron chi connectivity index (χ0n) is 9.37. The van der Waals surface area contributed by atoms with Crippen LogP contribution in [-0.4, -0.2) is 12.5 Å². The second kappa shape index (κ2) is 5.46. The van der Waals surface area contributed by atoms with Gasteiger partial charge in [-0.25, -0.2) is 0 Å². The van der Waals surface area contributed by atoms with Gasteiger partial charge in [0.25, 0.3) is 0 Å². The van der Waals surface area contributed by atoms with Gasteiger partial charge >= 0.3 is 0 Å². The van der Waals surface area contributed by atoms with Gasteiger partial charge in [-0.1, -0.05) is 0 Å². The summed E-state index contributed by atoms with van der Waals surface area (Å²) < 4.78 is 0. The summed E-state index contributed by atoms with van der Waals surface area (Å²) in [6, 6.07) is 2.72. The molecule has 0 spiro atoms. The normalized spacial score (nSPS) is 19.4. The van der Waals surface area contributed by atoms with Crippen molar-refractivity contribution in [3.05, 3.63) is 21.9 Å². The first-order valence-electron chi connectivity index (χ1n) is 5.85. The van der Waals surface area contributed by atoms with E-state index < -0.39 is 0 Å². The maximum Gasteiger partial charge on any atom is 0.217 e. The quantitative estimate of drug-likeness (QED) is 0.771. The van der Waals surface area contributed by atoms with Crippen molar-refractivity contribution in [1.82, 2.24) is 5.32 Å². The maximum absolute atomic E-state index is 10.6. The Balaban J connectivity index is 1.81. The molecular weight excluding hydrogens is 220 g/mol. The number of amides is 1. The van der Waals surface area contributed by atoms with Crippen LogP contribution in [0.4, 0.5) is 0 Å². The highest BCUT2D eigenvalue weighted by molar-refractivity contribution is 7.10. The molecule has 1 aromatic heterocycles. The minimum absolute atomic E-state index is 0.207. The highest BCUT2D eigenvalue weighted by atomic mass is 32.1. The van der Waals surface area contributed by atoms with Gasteiger partial charge in [-0.2, -0.15) is 0 Å². The molecule has 1 aromatic rings. The molecule has 2 rings (SSSR count). The van der Waals surface area contributed by atoms with Crippen LogP contribution in [-0.2, 0) is 11.2 Å². The number of primary amides is 1. The molecule has 3 nitrogen and oxygen atoms in total. The number of nitrogens with two attached hydrogens (primary N) is 1. The number of fused-ring (bicyclic) bond motifs is 1. The molecule has 3 N–H and O–H groups in total. The van der Waals surface area contributed by atoms with Crippen molar-refractivity contribution < 1.29 is 4.79 Å². The third kappa shape index (κ3) is 2.83. The van der Waals surface area contributed by atoms with E-state index in [0.29, 0.717) is 12.5 Å². The van der Waals surface area contributed by atoms with Gasteiger partial charge < -0.3 is 11.1 Å². The second-order valence-corrected chi connectivity index (χ2v) is 5.27. The number of hydrogen-bond donors (Lipinski definition) is 2. The number of rotatable bonds is 5. The predicted octanol–water partition coefficient (Wildman–Crippen LogP) is 1.98. The van der Waals surface area contributed by atoms with E-state index in [9.17, 15) is 4.79 Å². The summed E-state index contributed by atoms with van der Waals surface area (Å²) >= 11 is 1.86. The summed E-state index contributed by atoms with van der Waals surface area (Å²) in [6.45, 7) is 0.878. The number of hydrogen-bond acceptors (Lipinski definition) is 3. The van der Waals surface area contributed by atoms with Crippen molar-refractivity contribution >= 4 is 17.2 Å². The Bertz CT molecular complexity index is 362. The van der Waals surface area contributed by atoms with Gasteiger partial charge in [-0.15, -0.1) is 11.3 Å². The molecule has 0 bridgehead atoms. The van der Waals surface area contributed by atoms with Crippen LogP contribution in [0.3, 0.4) is 0 Å². The van der Waals surface area contributed by atoms with Gasteiger partial charge in [-0.05, 0) is 49.2 Å².